The van der Waals surface area contributed by atoms with Crippen molar-refractivity contribution in [2.45, 2.75) is 45.4 Å². The molecule has 0 radical (unpaired) electrons. The highest BCUT2D eigenvalue weighted by Crippen LogP contribution is 2.22. The van der Waals surface area contributed by atoms with E-state index >= 15 is 0 Å². The molecule has 1 saturated heterocycles. The Balaban J connectivity index is 1.80. The molecule has 3 atom stereocenters. The van der Waals surface area contributed by atoms with Crippen molar-refractivity contribution in [3.63, 3.8) is 0 Å². The van der Waals surface area contributed by atoms with Crippen LogP contribution < -0.4 is 10.1 Å². The van der Waals surface area contributed by atoms with Crippen LogP contribution in [0.1, 0.15) is 32.3 Å². The van der Waals surface area contributed by atoms with Crippen molar-refractivity contribution in [1.82, 2.24) is 10.2 Å². The van der Waals surface area contributed by atoms with Crippen molar-refractivity contribution >= 4 is 34.8 Å². The van der Waals surface area contributed by atoms with Gasteiger partial charge in [0.05, 0.1) is 6.04 Å². The lowest BCUT2D eigenvalue weighted by Gasteiger charge is -2.24. The zero-order valence-electron chi connectivity index (χ0n) is 18.1. The Labute approximate surface area is 193 Å². The number of amides is 2. The summed E-state index contributed by atoms with van der Waals surface area (Å²) in [6, 6.07) is 4.19. The molecule has 2 N–H and O–H groups in total. The number of thioether (sulfide) groups is 1. The molecule has 1 aromatic rings. The van der Waals surface area contributed by atoms with Gasteiger partial charge in [-0.15, -0.1) is 10.1 Å². The molecule has 180 valence electrons. The maximum absolute atomic E-state index is 12.5. The summed E-state index contributed by atoms with van der Waals surface area (Å²) in [6.07, 6.45) is 0.138. The third-order valence-electron chi connectivity index (χ3n) is 4.85. The number of benzene rings is 1. The maximum atomic E-state index is 12.5. The van der Waals surface area contributed by atoms with Gasteiger partial charge in [-0.3, -0.25) is 9.59 Å². The third-order valence-corrected chi connectivity index (χ3v) is 6.16. The molecule has 1 aromatic carbocycles. The summed E-state index contributed by atoms with van der Waals surface area (Å²) in [5, 5.41) is 20.5. The van der Waals surface area contributed by atoms with Gasteiger partial charge in [-0.05, 0) is 37.5 Å². The number of carboxylic acids is 1. The number of nitrogens with zero attached hydrogens (tertiary/aromatic N) is 2. The minimum absolute atomic E-state index is 0.113. The number of ether oxygens (including phenoxy) is 1. The van der Waals surface area contributed by atoms with E-state index in [9.17, 15) is 34.4 Å². The maximum Gasteiger partial charge on any atom is 0.413 e. The number of hydrogen-bond acceptors (Lipinski definition) is 9. The van der Waals surface area contributed by atoms with E-state index in [4.69, 9.17) is 4.74 Å². The highest BCUT2D eigenvalue weighted by molar-refractivity contribution is 8.13. The van der Waals surface area contributed by atoms with Crippen molar-refractivity contribution in [3.8, 4) is 5.75 Å². The Kier molecular flexibility index (Phi) is 9.45. The molecule has 0 aliphatic carbocycles. The van der Waals surface area contributed by atoms with Crippen molar-refractivity contribution < 1.29 is 38.9 Å². The molecule has 0 spiro atoms. The minimum Gasteiger partial charge on any atom is -0.480 e. The van der Waals surface area contributed by atoms with Crippen LogP contribution in [0.4, 0.5) is 4.79 Å². The second kappa shape index (κ2) is 12.0. The summed E-state index contributed by atoms with van der Waals surface area (Å²) in [4.78, 5) is 64.1. The van der Waals surface area contributed by atoms with E-state index in [0.717, 1.165) is 11.8 Å². The molecular formula is C20H25N3O9S. The van der Waals surface area contributed by atoms with Gasteiger partial charge in [0.25, 0.3) is 5.09 Å². The lowest BCUT2D eigenvalue weighted by atomic mass is 10.1. The predicted octanol–water partition coefficient (Wildman–Crippen LogP) is 1.84. The standard InChI is InChI=1S/C20H25N3O9S/c1-12(17(24)22-8-4-7-16(22)18(25)26)11-33-19(27)13(2)21-20(28)32-15-6-3-5-14(9-15)10-31-23(29)30/h3,5-6,9,12-13,16H,4,7-8,10-11H2,1-2H3,(H,21,28)(H,25,26)/t12-,13?,16+/m1/s1. The summed E-state index contributed by atoms with van der Waals surface area (Å²) in [5.41, 5.74) is 0.415. The lowest BCUT2D eigenvalue weighted by Crippen LogP contribution is -2.43. The Morgan fingerprint density at radius 1 is 1.33 bits per heavy atom. The van der Waals surface area contributed by atoms with Gasteiger partial charge in [-0.2, -0.15) is 0 Å². The fourth-order valence-electron chi connectivity index (χ4n) is 3.17. The average molecular weight is 483 g/mol. The van der Waals surface area contributed by atoms with Crippen LogP contribution in [0.2, 0.25) is 0 Å². The number of carboxylic acid groups (broad SMARTS) is 1. The third kappa shape index (κ3) is 7.93. The van der Waals surface area contributed by atoms with E-state index in [2.05, 4.69) is 10.2 Å². The quantitative estimate of drug-likeness (QED) is 0.370. The first-order chi connectivity index (χ1) is 15.6. The van der Waals surface area contributed by atoms with Crippen LogP contribution in [0.5, 0.6) is 5.75 Å². The van der Waals surface area contributed by atoms with E-state index in [0.29, 0.717) is 24.9 Å². The van der Waals surface area contributed by atoms with Gasteiger partial charge < -0.3 is 24.9 Å². The Bertz CT molecular complexity index is 911. The van der Waals surface area contributed by atoms with E-state index in [1.807, 2.05) is 0 Å². The van der Waals surface area contributed by atoms with E-state index < -0.39 is 40.3 Å². The highest BCUT2D eigenvalue weighted by Gasteiger charge is 2.36. The number of carbonyl (C=O) groups excluding carboxylic acids is 3. The molecule has 2 rings (SSSR count). The van der Waals surface area contributed by atoms with E-state index in [1.165, 1.54) is 30.0 Å². The van der Waals surface area contributed by atoms with Crippen LogP contribution in [0, 0.1) is 16.0 Å². The number of rotatable bonds is 10. The molecule has 13 heteroatoms. The molecule has 1 aliphatic rings. The fourth-order valence-corrected chi connectivity index (χ4v) is 4.04. The molecule has 1 heterocycles. The minimum atomic E-state index is -1.04. The SMILES string of the molecule is CC(NC(=O)Oc1cccc(CO[N+](=O)[O-])c1)C(=O)SC[C@@H](C)C(=O)N1CCC[C@H]1C(=O)O. The summed E-state index contributed by atoms with van der Waals surface area (Å²) in [6.45, 7) is 3.16. The number of likely N-dealkylation sites (tertiary alicyclic amines) is 1. The number of hydrogen-bond donors (Lipinski definition) is 2. The van der Waals surface area contributed by atoms with Gasteiger partial charge >= 0.3 is 12.1 Å². The molecule has 1 unspecified atom stereocenters. The van der Waals surface area contributed by atoms with Crippen LogP contribution in [0.25, 0.3) is 0 Å². The summed E-state index contributed by atoms with van der Waals surface area (Å²) >= 11 is 0.865. The molecule has 33 heavy (non-hydrogen) atoms. The van der Waals surface area contributed by atoms with Crippen LogP contribution in [-0.4, -0.2) is 62.6 Å². The number of aliphatic carboxylic acids is 1. The molecule has 0 aromatic heterocycles. The second-order valence-corrected chi connectivity index (χ2v) is 8.48. The average Bonchev–Trinajstić information content (AvgIpc) is 3.25. The largest absolute Gasteiger partial charge is 0.480 e. The second-order valence-electron chi connectivity index (χ2n) is 7.46. The Morgan fingerprint density at radius 3 is 2.73 bits per heavy atom. The molecule has 0 bridgehead atoms. The van der Waals surface area contributed by atoms with Gasteiger partial charge in [0, 0.05) is 18.2 Å². The first-order valence-electron chi connectivity index (χ1n) is 10.1. The topological polar surface area (TPSA) is 165 Å². The fraction of sp³-hybridized carbons (Fsp3) is 0.500. The van der Waals surface area contributed by atoms with Crippen LogP contribution >= 0.6 is 11.8 Å². The zero-order chi connectivity index (χ0) is 24.5. The monoisotopic (exact) mass is 483 g/mol. The van der Waals surface area contributed by atoms with Crippen molar-refractivity contribution in [2.24, 2.45) is 5.92 Å². The molecule has 1 fully saturated rings. The highest BCUT2D eigenvalue weighted by atomic mass is 32.2. The van der Waals surface area contributed by atoms with E-state index in [1.54, 1.807) is 13.0 Å². The Morgan fingerprint density at radius 2 is 2.06 bits per heavy atom. The van der Waals surface area contributed by atoms with Gasteiger partial charge in [-0.1, -0.05) is 30.8 Å². The smallest absolute Gasteiger partial charge is 0.413 e. The van der Waals surface area contributed by atoms with Crippen molar-refractivity contribution in [3.05, 3.63) is 39.9 Å². The molecule has 12 nitrogen and oxygen atoms in total. The van der Waals surface area contributed by atoms with Gasteiger partial charge in [-0.25, -0.2) is 9.59 Å². The van der Waals surface area contributed by atoms with Crippen LogP contribution in [-0.2, 0) is 25.8 Å². The van der Waals surface area contributed by atoms with Gasteiger partial charge in [0.15, 0.2) is 0 Å². The molecule has 0 saturated carbocycles. The lowest BCUT2D eigenvalue weighted by molar-refractivity contribution is -0.763. The number of carbonyl (C=O) groups is 4. The van der Waals surface area contributed by atoms with E-state index in [-0.39, 0.29) is 24.0 Å². The molecule has 1 aliphatic heterocycles. The van der Waals surface area contributed by atoms with Crippen LogP contribution in [0.15, 0.2) is 24.3 Å². The zero-order valence-corrected chi connectivity index (χ0v) is 18.9. The summed E-state index contributed by atoms with van der Waals surface area (Å²) < 4.78 is 5.09. The first kappa shape index (κ1) is 25.9. The molecular weight excluding hydrogens is 458 g/mol. The van der Waals surface area contributed by atoms with Crippen molar-refractivity contribution in [1.29, 1.82) is 0 Å². The Hall–Kier alpha value is -3.35. The normalized spacial score (nSPS) is 17.0. The summed E-state index contributed by atoms with van der Waals surface area (Å²) in [5.74, 6) is -1.67. The summed E-state index contributed by atoms with van der Waals surface area (Å²) in [7, 11) is 0. The predicted molar refractivity (Wildman–Crippen MR) is 116 cm³/mol. The van der Waals surface area contributed by atoms with Crippen molar-refractivity contribution in [2.75, 3.05) is 12.3 Å². The van der Waals surface area contributed by atoms with Gasteiger partial charge in [0.2, 0.25) is 11.0 Å². The van der Waals surface area contributed by atoms with Gasteiger partial charge in [0.1, 0.15) is 18.4 Å². The first-order valence-corrected chi connectivity index (χ1v) is 11.1. The van der Waals surface area contributed by atoms with Crippen LogP contribution in [0.3, 0.4) is 0 Å². The number of nitrogens with one attached hydrogen (secondary N) is 1. The molecule has 2 amide bonds.